The van der Waals surface area contributed by atoms with Gasteiger partial charge in [-0.3, -0.25) is 4.79 Å². The Morgan fingerprint density at radius 1 is 1.06 bits per heavy atom. The normalized spacial score (nSPS) is 12.5. The van der Waals surface area contributed by atoms with E-state index in [0.29, 0.717) is 31.3 Å². The van der Waals surface area contributed by atoms with Crippen LogP contribution in [0, 0.1) is 6.92 Å². The predicted octanol–water partition coefficient (Wildman–Crippen LogP) is 3.02. The highest BCUT2D eigenvalue weighted by Crippen LogP contribution is 2.31. The topological polar surface area (TPSA) is 97.9 Å². The van der Waals surface area contributed by atoms with Gasteiger partial charge in [-0.2, -0.15) is 0 Å². The Kier molecular flexibility index (Phi) is 6.31. The predicted molar refractivity (Wildman–Crippen MR) is 124 cm³/mol. The number of rotatable bonds is 9. The first-order chi connectivity index (χ1) is 15.1. The maximum Gasteiger partial charge on any atom is 0.293 e. The summed E-state index contributed by atoms with van der Waals surface area (Å²) in [6, 6.07) is 14.0. The maximum atomic E-state index is 13.1. The lowest BCUT2D eigenvalue weighted by Crippen LogP contribution is -2.30. The van der Waals surface area contributed by atoms with Gasteiger partial charge in [0.15, 0.2) is 5.82 Å². The molecular weight excluding hydrogens is 388 g/mol. The molecule has 0 radical (unpaired) electrons. The van der Waals surface area contributed by atoms with Crippen LogP contribution in [0.25, 0.3) is 0 Å². The van der Waals surface area contributed by atoms with Crippen molar-refractivity contribution in [3.05, 3.63) is 93.3 Å². The summed E-state index contributed by atoms with van der Waals surface area (Å²) in [5.41, 5.74) is 11.2. The van der Waals surface area contributed by atoms with E-state index in [1.807, 2.05) is 31.2 Å². The molecule has 4 rings (SSSR count). The van der Waals surface area contributed by atoms with Gasteiger partial charge in [0, 0.05) is 36.9 Å². The van der Waals surface area contributed by atoms with E-state index in [2.05, 4.69) is 32.7 Å². The SMILES string of the molecule is Cc1cnc(NCCc2ccccc2)c(=O)n1CC(NCc1ccc(N)nc1)=C1CC1. The molecule has 31 heavy (non-hydrogen) atoms. The van der Waals surface area contributed by atoms with E-state index in [-0.39, 0.29) is 5.56 Å². The summed E-state index contributed by atoms with van der Waals surface area (Å²) in [5, 5.41) is 6.71. The average molecular weight is 417 g/mol. The minimum absolute atomic E-state index is 0.0947. The van der Waals surface area contributed by atoms with Crippen LogP contribution in [0.3, 0.4) is 0 Å². The Morgan fingerprint density at radius 2 is 1.87 bits per heavy atom. The summed E-state index contributed by atoms with van der Waals surface area (Å²) < 4.78 is 1.78. The van der Waals surface area contributed by atoms with Crippen LogP contribution in [-0.2, 0) is 19.5 Å². The van der Waals surface area contributed by atoms with Crippen molar-refractivity contribution in [2.45, 2.75) is 39.3 Å². The van der Waals surface area contributed by atoms with Gasteiger partial charge in [0.1, 0.15) is 5.82 Å². The number of hydrogen-bond donors (Lipinski definition) is 3. The fourth-order valence-electron chi connectivity index (χ4n) is 3.42. The zero-order chi connectivity index (χ0) is 21.6. The van der Waals surface area contributed by atoms with Gasteiger partial charge in [-0.1, -0.05) is 36.4 Å². The summed E-state index contributed by atoms with van der Waals surface area (Å²) in [7, 11) is 0. The number of nitrogens with zero attached hydrogens (tertiary/aromatic N) is 3. The van der Waals surface area contributed by atoms with Gasteiger partial charge >= 0.3 is 0 Å². The number of aryl methyl sites for hydroxylation is 1. The van der Waals surface area contributed by atoms with E-state index in [1.165, 1.54) is 11.1 Å². The van der Waals surface area contributed by atoms with Crippen molar-refractivity contribution < 1.29 is 0 Å². The van der Waals surface area contributed by atoms with Crippen molar-refractivity contribution in [3.63, 3.8) is 0 Å². The molecule has 0 unspecified atom stereocenters. The summed E-state index contributed by atoms with van der Waals surface area (Å²) in [5.74, 6) is 0.903. The molecule has 3 aromatic rings. The third-order valence-electron chi connectivity index (χ3n) is 5.40. The Balaban J connectivity index is 1.44. The number of hydrogen-bond acceptors (Lipinski definition) is 6. The maximum absolute atomic E-state index is 13.1. The summed E-state index contributed by atoms with van der Waals surface area (Å²) in [6.07, 6.45) is 6.51. The van der Waals surface area contributed by atoms with Gasteiger partial charge in [0.2, 0.25) is 0 Å². The Labute approximate surface area is 182 Å². The van der Waals surface area contributed by atoms with Crippen LogP contribution in [-0.4, -0.2) is 21.1 Å². The molecule has 0 spiro atoms. The van der Waals surface area contributed by atoms with Crippen molar-refractivity contribution in [2.75, 3.05) is 17.6 Å². The molecule has 0 atom stereocenters. The second kappa shape index (κ2) is 9.47. The van der Waals surface area contributed by atoms with Gasteiger partial charge in [0.05, 0.1) is 6.54 Å². The Morgan fingerprint density at radius 3 is 2.58 bits per heavy atom. The van der Waals surface area contributed by atoms with Crippen molar-refractivity contribution in [1.29, 1.82) is 0 Å². The van der Waals surface area contributed by atoms with Gasteiger partial charge in [-0.15, -0.1) is 0 Å². The van der Waals surface area contributed by atoms with E-state index < -0.39 is 0 Å². The molecule has 2 aromatic heterocycles. The molecule has 0 bridgehead atoms. The van der Waals surface area contributed by atoms with Crippen molar-refractivity contribution in [2.24, 2.45) is 0 Å². The van der Waals surface area contributed by atoms with Gasteiger partial charge < -0.3 is 20.9 Å². The van der Waals surface area contributed by atoms with Crippen molar-refractivity contribution >= 4 is 11.6 Å². The lowest BCUT2D eigenvalue weighted by atomic mass is 10.1. The average Bonchev–Trinajstić information content (AvgIpc) is 3.62. The molecule has 160 valence electrons. The second-order valence-corrected chi connectivity index (χ2v) is 7.83. The largest absolute Gasteiger partial charge is 0.384 e. The van der Waals surface area contributed by atoms with Gasteiger partial charge in [-0.05, 0) is 49.0 Å². The van der Waals surface area contributed by atoms with Gasteiger partial charge in [0.25, 0.3) is 5.56 Å². The summed E-state index contributed by atoms with van der Waals surface area (Å²) >= 11 is 0. The first-order valence-electron chi connectivity index (χ1n) is 10.6. The van der Waals surface area contributed by atoms with E-state index in [1.54, 1.807) is 23.0 Å². The molecule has 7 heteroatoms. The Hall–Kier alpha value is -3.61. The number of allylic oxidation sites excluding steroid dienone is 2. The number of benzene rings is 1. The molecule has 7 nitrogen and oxygen atoms in total. The van der Waals surface area contributed by atoms with E-state index in [4.69, 9.17) is 5.73 Å². The summed E-state index contributed by atoms with van der Waals surface area (Å²) in [6.45, 7) is 3.73. The lowest BCUT2D eigenvalue weighted by Gasteiger charge is -2.16. The fraction of sp³-hybridized carbons (Fsp3) is 0.292. The van der Waals surface area contributed by atoms with Crippen LogP contribution >= 0.6 is 0 Å². The third-order valence-corrected chi connectivity index (χ3v) is 5.40. The second-order valence-electron chi connectivity index (χ2n) is 7.83. The molecule has 4 N–H and O–H groups in total. The molecule has 2 heterocycles. The number of nitrogens with one attached hydrogen (secondary N) is 2. The zero-order valence-electron chi connectivity index (χ0n) is 17.8. The highest BCUT2D eigenvalue weighted by atomic mass is 16.1. The van der Waals surface area contributed by atoms with E-state index in [0.717, 1.165) is 36.2 Å². The van der Waals surface area contributed by atoms with Crippen molar-refractivity contribution in [1.82, 2.24) is 19.9 Å². The number of aromatic nitrogens is 3. The van der Waals surface area contributed by atoms with Crippen molar-refractivity contribution in [3.8, 4) is 0 Å². The van der Waals surface area contributed by atoms with Crippen LogP contribution in [0.15, 0.2) is 70.9 Å². The molecule has 0 amide bonds. The Bertz CT molecular complexity index is 1110. The van der Waals surface area contributed by atoms with Crippen LogP contribution in [0.2, 0.25) is 0 Å². The molecule has 1 aliphatic rings. The molecule has 1 aromatic carbocycles. The van der Waals surface area contributed by atoms with Crippen LogP contribution in [0.5, 0.6) is 0 Å². The summed E-state index contributed by atoms with van der Waals surface area (Å²) in [4.78, 5) is 21.6. The minimum atomic E-state index is -0.0947. The van der Waals surface area contributed by atoms with E-state index >= 15 is 0 Å². The highest BCUT2D eigenvalue weighted by Gasteiger charge is 2.19. The smallest absolute Gasteiger partial charge is 0.293 e. The molecule has 0 aliphatic heterocycles. The number of pyridine rings is 1. The van der Waals surface area contributed by atoms with E-state index in [9.17, 15) is 4.79 Å². The molecule has 1 fully saturated rings. The molecular formula is C24H28N6O. The molecule has 0 saturated heterocycles. The standard InChI is InChI=1S/C24H28N6O/c1-17-13-29-23(26-12-11-18-5-3-2-4-6-18)24(31)30(17)16-21(20-8-9-20)27-14-19-7-10-22(25)28-15-19/h2-7,10,13,15,27H,8-9,11-12,14,16H2,1H3,(H2,25,28)(H,26,29). The first kappa shape index (κ1) is 20.7. The quantitative estimate of drug-likeness (QED) is 0.496. The monoisotopic (exact) mass is 416 g/mol. The first-order valence-corrected chi connectivity index (χ1v) is 10.6. The lowest BCUT2D eigenvalue weighted by molar-refractivity contribution is 0.644. The molecule has 1 saturated carbocycles. The van der Waals surface area contributed by atoms with Crippen LogP contribution < -0.4 is 21.9 Å². The van der Waals surface area contributed by atoms with Crippen LogP contribution in [0.1, 0.15) is 29.7 Å². The third kappa shape index (κ3) is 5.51. The highest BCUT2D eigenvalue weighted by molar-refractivity contribution is 5.34. The number of nitrogens with two attached hydrogens (primary N) is 1. The number of anilines is 2. The number of nitrogen functional groups attached to an aromatic ring is 1. The molecule has 1 aliphatic carbocycles. The van der Waals surface area contributed by atoms with Gasteiger partial charge in [-0.25, -0.2) is 9.97 Å². The fourth-order valence-corrected chi connectivity index (χ4v) is 3.42. The van der Waals surface area contributed by atoms with Crippen LogP contribution in [0.4, 0.5) is 11.6 Å². The minimum Gasteiger partial charge on any atom is -0.384 e. The zero-order valence-corrected chi connectivity index (χ0v) is 17.8.